The summed E-state index contributed by atoms with van der Waals surface area (Å²) >= 11 is 8.31. The average Bonchev–Trinajstić information content (AvgIpc) is 1.99. The Kier molecular flexibility index (Phi) is 3.91. The van der Waals surface area contributed by atoms with Crippen molar-refractivity contribution in [2.45, 2.75) is 11.3 Å². The second kappa shape index (κ2) is 4.48. The maximum Gasteiger partial charge on any atom is 0.281 e. The molecule has 0 aliphatic heterocycles. The lowest BCUT2D eigenvalue weighted by Gasteiger charge is -2.07. The maximum atomic E-state index is 12.5. The molecule has 0 fully saturated rings. The molecule has 0 saturated heterocycles. The first-order valence-corrected chi connectivity index (χ1v) is 6.80. The highest BCUT2D eigenvalue weighted by molar-refractivity contribution is 9.10. The maximum absolute atomic E-state index is 12.5. The van der Waals surface area contributed by atoms with Gasteiger partial charge in [0.2, 0.25) is 0 Å². The normalized spacial score (nSPS) is 12.1. The van der Waals surface area contributed by atoms with Crippen molar-refractivity contribution in [1.82, 2.24) is 4.98 Å². The third kappa shape index (κ3) is 2.99. The van der Waals surface area contributed by atoms with Gasteiger partial charge in [0.25, 0.3) is 15.5 Å². The molecule has 3 nitrogen and oxygen atoms in total. The van der Waals surface area contributed by atoms with Crippen LogP contribution in [-0.4, -0.2) is 13.4 Å². The predicted molar refractivity (Wildman–Crippen MR) is 54.9 cm³/mol. The van der Waals surface area contributed by atoms with E-state index in [1.54, 1.807) is 0 Å². The van der Waals surface area contributed by atoms with Crippen LogP contribution >= 0.6 is 38.2 Å². The Morgan fingerprint density at radius 1 is 1.47 bits per heavy atom. The topological polar surface area (TPSA) is 47.0 Å². The molecule has 0 aliphatic rings. The molecule has 9 heteroatoms. The van der Waals surface area contributed by atoms with Crippen molar-refractivity contribution < 1.29 is 17.2 Å². The first-order chi connectivity index (χ1) is 6.73. The molecule has 0 amide bonds. The molecule has 1 aromatic rings. The Morgan fingerprint density at radius 2 is 2.00 bits per heavy atom. The lowest BCUT2D eigenvalue weighted by atomic mass is 10.3. The van der Waals surface area contributed by atoms with Crippen molar-refractivity contribution in [1.29, 1.82) is 0 Å². The molecule has 0 bridgehead atoms. The molecular formula is C6H2BrCl2F2NO2S. The number of aromatic nitrogens is 1. The Balaban J connectivity index is 3.62. The summed E-state index contributed by atoms with van der Waals surface area (Å²) in [6.07, 6.45) is -3.08. The van der Waals surface area contributed by atoms with Gasteiger partial charge in [-0.25, -0.2) is 22.2 Å². The van der Waals surface area contributed by atoms with Gasteiger partial charge in [-0.3, -0.25) is 0 Å². The van der Waals surface area contributed by atoms with Gasteiger partial charge in [0.1, 0.15) is 15.2 Å². The van der Waals surface area contributed by atoms with Crippen LogP contribution in [0.2, 0.25) is 5.02 Å². The molecule has 0 aliphatic carbocycles. The summed E-state index contributed by atoms with van der Waals surface area (Å²) < 4.78 is 46.9. The minimum Gasteiger partial charge on any atom is -0.238 e. The van der Waals surface area contributed by atoms with E-state index in [-0.39, 0.29) is 4.60 Å². The van der Waals surface area contributed by atoms with Crippen LogP contribution in [-0.2, 0) is 9.05 Å². The molecule has 1 rings (SSSR count). The summed E-state index contributed by atoms with van der Waals surface area (Å²) in [5, 5.41) is -0.401. The summed E-state index contributed by atoms with van der Waals surface area (Å²) in [6, 6.07) is 1.07. The number of alkyl halides is 2. The van der Waals surface area contributed by atoms with Gasteiger partial charge in [-0.1, -0.05) is 11.6 Å². The molecule has 15 heavy (non-hydrogen) atoms. The monoisotopic (exact) mass is 339 g/mol. The van der Waals surface area contributed by atoms with Crippen molar-refractivity contribution in [3.8, 4) is 0 Å². The van der Waals surface area contributed by atoms with Crippen LogP contribution in [0.25, 0.3) is 0 Å². The minimum atomic E-state index is -4.35. The number of halogens is 5. The van der Waals surface area contributed by atoms with Crippen LogP contribution in [0.3, 0.4) is 0 Å². The Bertz CT molecular complexity index is 494. The van der Waals surface area contributed by atoms with Crippen LogP contribution in [0, 0.1) is 0 Å². The molecule has 1 heterocycles. The van der Waals surface area contributed by atoms with E-state index in [0.717, 1.165) is 6.07 Å². The highest BCUT2D eigenvalue weighted by atomic mass is 79.9. The van der Waals surface area contributed by atoms with E-state index in [4.69, 9.17) is 22.3 Å². The zero-order valence-corrected chi connectivity index (χ0v) is 10.6. The Hall–Kier alpha value is 0.0200. The van der Waals surface area contributed by atoms with Crippen molar-refractivity contribution in [2.75, 3.05) is 0 Å². The summed E-state index contributed by atoms with van der Waals surface area (Å²) in [5.41, 5.74) is -0.968. The van der Waals surface area contributed by atoms with E-state index in [9.17, 15) is 17.2 Å². The second-order valence-electron chi connectivity index (χ2n) is 2.38. The molecular weight excluding hydrogens is 339 g/mol. The number of hydrogen-bond acceptors (Lipinski definition) is 3. The van der Waals surface area contributed by atoms with Crippen LogP contribution in [0.15, 0.2) is 15.6 Å². The lowest BCUT2D eigenvalue weighted by Crippen LogP contribution is -2.03. The van der Waals surface area contributed by atoms with Gasteiger partial charge in [0, 0.05) is 10.7 Å². The van der Waals surface area contributed by atoms with Gasteiger partial charge in [-0.05, 0) is 22.0 Å². The third-order valence-electron chi connectivity index (χ3n) is 1.37. The Labute approximate surface area is 102 Å². The molecule has 0 aromatic carbocycles. The van der Waals surface area contributed by atoms with Crippen molar-refractivity contribution in [3.63, 3.8) is 0 Å². The lowest BCUT2D eigenvalue weighted by molar-refractivity contribution is 0.142. The van der Waals surface area contributed by atoms with E-state index in [2.05, 4.69) is 20.9 Å². The van der Waals surface area contributed by atoms with Gasteiger partial charge in [0.05, 0.1) is 5.02 Å². The largest absolute Gasteiger partial charge is 0.281 e. The summed E-state index contributed by atoms with van der Waals surface area (Å²) in [5.74, 6) is 0. The first kappa shape index (κ1) is 13.1. The molecule has 84 valence electrons. The molecule has 0 unspecified atom stereocenters. The second-order valence-corrected chi connectivity index (χ2v) is 6.10. The van der Waals surface area contributed by atoms with Crippen LogP contribution < -0.4 is 0 Å². The molecule has 0 N–H and O–H groups in total. The molecule has 1 aromatic heterocycles. The van der Waals surface area contributed by atoms with Gasteiger partial charge >= 0.3 is 0 Å². The zero-order chi connectivity index (χ0) is 11.8. The van der Waals surface area contributed by atoms with E-state index < -0.39 is 31.1 Å². The number of pyridine rings is 1. The van der Waals surface area contributed by atoms with E-state index in [0.29, 0.717) is 0 Å². The van der Waals surface area contributed by atoms with Gasteiger partial charge in [-0.15, -0.1) is 0 Å². The fourth-order valence-electron chi connectivity index (χ4n) is 0.880. The van der Waals surface area contributed by atoms with Crippen LogP contribution in [0.1, 0.15) is 12.1 Å². The first-order valence-electron chi connectivity index (χ1n) is 3.32. The zero-order valence-electron chi connectivity index (χ0n) is 6.72. The number of rotatable bonds is 2. The number of hydrogen-bond donors (Lipinski definition) is 0. The SMILES string of the molecule is O=S(=O)(Cl)c1c(Cl)cc(Br)nc1C(F)F. The third-order valence-corrected chi connectivity index (χ3v) is 3.57. The fourth-order valence-corrected chi connectivity index (χ4v) is 3.22. The van der Waals surface area contributed by atoms with E-state index >= 15 is 0 Å². The highest BCUT2D eigenvalue weighted by Crippen LogP contribution is 2.34. The predicted octanol–water partition coefficient (Wildman–Crippen LogP) is 3.36. The summed E-state index contributed by atoms with van der Waals surface area (Å²) in [7, 11) is 0.616. The minimum absolute atomic E-state index is 0.00636. The van der Waals surface area contributed by atoms with E-state index in [1.165, 1.54) is 0 Å². The summed E-state index contributed by atoms with van der Waals surface area (Å²) in [6.45, 7) is 0. The van der Waals surface area contributed by atoms with Crippen LogP contribution in [0.4, 0.5) is 8.78 Å². The smallest absolute Gasteiger partial charge is 0.238 e. The van der Waals surface area contributed by atoms with Crippen molar-refractivity contribution in [3.05, 3.63) is 21.4 Å². The molecule has 0 spiro atoms. The fraction of sp³-hybridized carbons (Fsp3) is 0.167. The Morgan fingerprint density at radius 3 is 2.40 bits per heavy atom. The van der Waals surface area contributed by atoms with Gasteiger partial charge in [0.15, 0.2) is 0 Å². The number of nitrogens with zero attached hydrogens (tertiary/aromatic N) is 1. The quantitative estimate of drug-likeness (QED) is 0.612. The summed E-state index contributed by atoms with van der Waals surface area (Å²) in [4.78, 5) is 2.46. The average molecular weight is 341 g/mol. The van der Waals surface area contributed by atoms with Crippen LogP contribution in [0.5, 0.6) is 0 Å². The van der Waals surface area contributed by atoms with E-state index in [1.807, 2.05) is 0 Å². The van der Waals surface area contributed by atoms with Crippen molar-refractivity contribution in [2.24, 2.45) is 0 Å². The standard InChI is InChI=1S/C6H2BrCl2F2NO2S/c7-3-1-2(8)5(15(9,13)14)4(12-3)6(10)11/h1,6H. The van der Waals surface area contributed by atoms with Crippen molar-refractivity contribution >= 4 is 47.3 Å². The van der Waals surface area contributed by atoms with Gasteiger partial charge in [-0.2, -0.15) is 0 Å². The van der Waals surface area contributed by atoms with Gasteiger partial charge < -0.3 is 0 Å². The highest BCUT2D eigenvalue weighted by Gasteiger charge is 2.27. The molecule has 0 saturated carbocycles. The molecule has 0 atom stereocenters. The molecule has 0 radical (unpaired) electrons.